The van der Waals surface area contributed by atoms with E-state index in [4.69, 9.17) is 0 Å². The Morgan fingerprint density at radius 3 is 2.73 bits per heavy atom. The minimum absolute atomic E-state index is 0.0506. The molecule has 0 unspecified atom stereocenters. The number of allylic oxidation sites excluding steroid dienone is 1. The van der Waals surface area contributed by atoms with E-state index in [1.807, 2.05) is 0 Å². The van der Waals surface area contributed by atoms with Crippen molar-refractivity contribution in [3.05, 3.63) is 47.8 Å². The highest BCUT2D eigenvalue weighted by Crippen LogP contribution is 2.37. The Morgan fingerprint density at radius 2 is 2.13 bits per heavy atom. The maximum atomic E-state index is 14.1. The summed E-state index contributed by atoms with van der Waals surface area (Å²) in [5.41, 5.74) is -1.12. The molecule has 3 heteroatoms. The number of halogens is 2. The maximum absolute atomic E-state index is 14.1. The average Bonchev–Trinajstić information content (AvgIpc) is 2.39. The molecule has 0 aromatic heterocycles. The molecule has 2 rings (SSSR count). The van der Waals surface area contributed by atoms with Crippen molar-refractivity contribution in [3.63, 3.8) is 0 Å². The van der Waals surface area contributed by atoms with Gasteiger partial charge in [0.15, 0.2) is 5.67 Å². The Morgan fingerprint density at radius 1 is 1.47 bits per heavy atom. The van der Waals surface area contributed by atoms with Gasteiger partial charge in [-0.15, -0.1) is 0 Å². The number of Topliss-reactive ketones (excluding diaryl/α,β-unsaturated/α-hetero) is 1. The molecule has 0 radical (unpaired) electrons. The minimum atomic E-state index is -2.13. The second kappa shape index (κ2) is 3.26. The largest absolute Gasteiger partial charge is 0.291 e. The molecule has 1 aromatic rings. The van der Waals surface area contributed by atoms with E-state index < -0.39 is 23.7 Å². The maximum Gasteiger partial charge on any atom is 0.201 e. The summed E-state index contributed by atoms with van der Waals surface area (Å²) < 4.78 is 26.7. The predicted molar refractivity (Wildman–Crippen MR) is 53.2 cm³/mol. The zero-order chi connectivity index (χ0) is 11.1. The molecular formula is C12H10F2O. The molecule has 0 amide bonds. The van der Waals surface area contributed by atoms with Gasteiger partial charge in [-0.05, 0) is 5.56 Å². The lowest BCUT2D eigenvalue weighted by Gasteiger charge is -2.15. The highest BCUT2D eigenvalue weighted by molar-refractivity contribution is 6.06. The summed E-state index contributed by atoms with van der Waals surface area (Å²) in [5.74, 6) is -1.42. The van der Waals surface area contributed by atoms with Crippen LogP contribution in [0.1, 0.15) is 22.3 Å². The van der Waals surface area contributed by atoms with Gasteiger partial charge in [-0.3, -0.25) is 4.79 Å². The topological polar surface area (TPSA) is 17.1 Å². The molecule has 0 fully saturated rings. The van der Waals surface area contributed by atoms with Crippen molar-refractivity contribution in [1.82, 2.24) is 0 Å². The van der Waals surface area contributed by atoms with E-state index in [0.29, 0.717) is 11.1 Å². The van der Waals surface area contributed by atoms with Gasteiger partial charge in [0.25, 0.3) is 0 Å². The minimum Gasteiger partial charge on any atom is -0.291 e. The van der Waals surface area contributed by atoms with Crippen molar-refractivity contribution >= 4 is 5.78 Å². The SMILES string of the molecule is C=C(F)C[C@]1(F)Cc2ccccc2C1=O. The summed E-state index contributed by atoms with van der Waals surface area (Å²) in [4.78, 5) is 11.7. The summed E-state index contributed by atoms with van der Waals surface area (Å²) in [7, 11) is 0. The number of ketones is 1. The molecule has 1 nitrogen and oxygen atoms in total. The van der Waals surface area contributed by atoms with Crippen molar-refractivity contribution in [1.29, 1.82) is 0 Å². The second-order valence-electron chi connectivity index (χ2n) is 3.82. The van der Waals surface area contributed by atoms with Crippen LogP contribution in [0.3, 0.4) is 0 Å². The van der Waals surface area contributed by atoms with Crippen LogP contribution in [0.25, 0.3) is 0 Å². The van der Waals surface area contributed by atoms with E-state index in [0.717, 1.165) is 0 Å². The van der Waals surface area contributed by atoms with Gasteiger partial charge in [0.05, 0.1) is 5.83 Å². The van der Waals surface area contributed by atoms with E-state index in [1.54, 1.807) is 24.3 Å². The quantitative estimate of drug-likeness (QED) is 0.730. The van der Waals surface area contributed by atoms with E-state index in [-0.39, 0.29) is 6.42 Å². The Bertz CT molecular complexity index is 439. The van der Waals surface area contributed by atoms with Crippen molar-refractivity contribution in [2.45, 2.75) is 18.5 Å². The van der Waals surface area contributed by atoms with Gasteiger partial charge in [-0.25, -0.2) is 8.78 Å². The zero-order valence-corrected chi connectivity index (χ0v) is 8.09. The van der Waals surface area contributed by atoms with Crippen LogP contribution >= 0.6 is 0 Å². The molecule has 0 heterocycles. The standard InChI is InChI=1S/C12H10F2O/c1-8(13)6-12(14)7-9-4-2-3-5-10(9)11(12)15/h2-5H,1,6-7H2/t12-/m0/s1. The van der Waals surface area contributed by atoms with Gasteiger partial charge in [0.1, 0.15) is 0 Å². The van der Waals surface area contributed by atoms with Gasteiger partial charge in [0, 0.05) is 18.4 Å². The van der Waals surface area contributed by atoms with Gasteiger partial charge < -0.3 is 0 Å². The van der Waals surface area contributed by atoms with Crippen molar-refractivity contribution in [3.8, 4) is 0 Å². The highest BCUT2D eigenvalue weighted by atomic mass is 19.1. The Kier molecular flexibility index (Phi) is 2.18. The summed E-state index contributed by atoms with van der Waals surface area (Å²) >= 11 is 0. The van der Waals surface area contributed by atoms with E-state index in [9.17, 15) is 13.6 Å². The first-order valence-electron chi connectivity index (χ1n) is 4.68. The number of benzene rings is 1. The fourth-order valence-electron chi connectivity index (χ4n) is 1.97. The zero-order valence-electron chi connectivity index (χ0n) is 8.09. The molecule has 0 bridgehead atoms. The molecule has 0 N–H and O–H groups in total. The number of alkyl halides is 1. The molecule has 0 aliphatic heterocycles. The number of hydrogen-bond acceptors (Lipinski definition) is 1. The van der Waals surface area contributed by atoms with Crippen LogP contribution < -0.4 is 0 Å². The summed E-state index contributed by atoms with van der Waals surface area (Å²) in [6, 6.07) is 6.67. The third-order valence-electron chi connectivity index (χ3n) is 2.61. The van der Waals surface area contributed by atoms with Gasteiger partial charge >= 0.3 is 0 Å². The lowest BCUT2D eigenvalue weighted by Crippen LogP contribution is -2.30. The smallest absolute Gasteiger partial charge is 0.201 e. The van der Waals surface area contributed by atoms with E-state index in [2.05, 4.69) is 6.58 Å². The first-order chi connectivity index (χ1) is 7.03. The van der Waals surface area contributed by atoms with Crippen LogP contribution in [0.15, 0.2) is 36.7 Å². The monoisotopic (exact) mass is 208 g/mol. The molecule has 0 saturated carbocycles. The molecule has 0 spiro atoms. The van der Waals surface area contributed by atoms with Crippen LogP contribution in [0.5, 0.6) is 0 Å². The molecule has 1 aliphatic carbocycles. The van der Waals surface area contributed by atoms with Gasteiger partial charge in [-0.2, -0.15) is 0 Å². The molecular weight excluding hydrogens is 198 g/mol. The summed E-state index contributed by atoms with van der Waals surface area (Å²) in [5, 5.41) is 0. The fraction of sp³-hybridized carbons (Fsp3) is 0.250. The third kappa shape index (κ3) is 1.58. The van der Waals surface area contributed by atoms with Crippen molar-refractivity contribution in [2.75, 3.05) is 0 Å². The van der Waals surface area contributed by atoms with Crippen LogP contribution in [0, 0.1) is 0 Å². The summed E-state index contributed by atoms with van der Waals surface area (Å²) in [6.07, 6.45) is -0.592. The van der Waals surface area contributed by atoms with Gasteiger partial charge in [0.2, 0.25) is 5.78 Å². The predicted octanol–water partition coefficient (Wildman–Crippen LogP) is 3.01. The van der Waals surface area contributed by atoms with E-state index in [1.165, 1.54) is 0 Å². The number of carbonyl (C=O) groups is 1. The summed E-state index contributed by atoms with van der Waals surface area (Å²) in [6.45, 7) is 3.00. The molecule has 1 atom stereocenters. The van der Waals surface area contributed by atoms with Crippen molar-refractivity contribution in [2.24, 2.45) is 0 Å². The van der Waals surface area contributed by atoms with Crippen molar-refractivity contribution < 1.29 is 13.6 Å². The lowest BCUT2D eigenvalue weighted by atomic mass is 9.97. The van der Waals surface area contributed by atoms with Crippen LogP contribution in [-0.4, -0.2) is 11.5 Å². The Labute approximate surface area is 86.4 Å². The van der Waals surface area contributed by atoms with Crippen LogP contribution in [-0.2, 0) is 6.42 Å². The molecule has 15 heavy (non-hydrogen) atoms. The average molecular weight is 208 g/mol. The third-order valence-corrected chi connectivity index (χ3v) is 2.61. The molecule has 1 aromatic carbocycles. The first kappa shape index (κ1) is 10.0. The second-order valence-corrected chi connectivity index (χ2v) is 3.82. The fourth-order valence-corrected chi connectivity index (χ4v) is 1.97. The molecule has 78 valence electrons. The van der Waals surface area contributed by atoms with E-state index >= 15 is 0 Å². The van der Waals surface area contributed by atoms with Gasteiger partial charge in [-0.1, -0.05) is 30.8 Å². The Balaban J connectivity index is 2.38. The van der Waals surface area contributed by atoms with Crippen LogP contribution in [0.2, 0.25) is 0 Å². The number of hydrogen-bond donors (Lipinski definition) is 0. The van der Waals surface area contributed by atoms with Crippen LogP contribution in [0.4, 0.5) is 8.78 Å². The Hall–Kier alpha value is -1.51. The highest BCUT2D eigenvalue weighted by Gasteiger charge is 2.46. The normalized spacial score (nSPS) is 24.0. The molecule has 0 saturated heterocycles. The number of fused-ring (bicyclic) bond motifs is 1. The first-order valence-corrected chi connectivity index (χ1v) is 4.68. The number of carbonyl (C=O) groups excluding carboxylic acids is 1. The molecule has 1 aliphatic rings. The lowest BCUT2D eigenvalue weighted by molar-refractivity contribution is 0.0708. The number of rotatable bonds is 2.